The highest BCUT2D eigenvalue weighted by Gasteiger charge is 2.42. The fourth-order valence-electron chi connectivity index (χ4n) is 3.03. The lowest BCUT2D eigenvalue weighted by atomic mass is 9.78. The second-order valence-electron chi connectivity index (χ2n) is 5.02. The lowest BCUT2D eigenvalue weighted by Gasteiger charge is -2.42. The van der Waals surface area contributed by atoms with Crippen molar-refractivity contribution in [2.45, 2.75) is 43.7 Å². The van der Waals surface area contributed by atoms with E-state index < -0.39 is 0 Å². The van der Waals surface area contributed by atoms with E-state index in [1.165, 1.54) is 6.42 Å². The van der Waals surface area contributed by atoms with Crippen molar-refractivity contribution >= 4 is 0 Å². The number of rotatable bonds is 5. The maximum atomic E-state index is 5.85. The molecular formula is C14H23N3O2. The molecule has 5 nitrogen and oxygen atoms in total. The van der Waals surface area contributed by atoms with E-state index in [1.54, 1.807) is 20.4 Å². The summed E-state index contributed by atoms with van der Waals surface area (Å²) in [4.78, 5) is 4.44. The zero-order chi connectivity index (χ0) is 13.7. The summed E-state index contributed by atoms with van der Waals surface area (Å²) in [6.07, 6.45) is 7.29. The summed E-state index contributed by atoms with van der Waals surface area (Å²) in [5.74, 6) is 6.54. The highest BCUT2D eigenvalue weighted by atomic mass is 16.5. The van der Waals surface area contributed by atoms with Gasteiger partial charge in [0.1, 0.15) is 11.4 Å². The summed E-state index contributed by atoms with van der Waals surface area (Å²) in [6, 6.07) is 3.60. The Balaban J connectivity index is 2.36. The third-order valence-electron chi connectivity index (χ3n) is 4.09. The minimum Gasteiger partial charge on any atom is -0.495 e. The third kappa shape index (κ3) is 2.73. The molecule has 1 unspecified atom stereocenters. The van der Waals surface area contributed by atoms with Gasteiger partial charge in [-0.25, -0.2) is 5.43 Å². The van der Waals surface area contributed by atoms with E-state index in [4.69, 9.17) is 15.3 Å². The maximum Gasteiger partial charge on any atom is 0.142 e. The van der Waals surface area contributed by atoms with Crippen molar-refractivity contribution < 1.29 is 9.47 Å². The second-order valence-corrected chi connectivity index (χ2v) is 5.02. The molecule has 0 aromatic carbocycles. The lowest BCUT2D eigenvalue weighted by molar-refractivity contribution is -0.0702. The Morgan fingerprint density at radius 3 is 2.63 bits per heavy atom. The summed E-state index contributed by atoms with van der Waals surface area (Å²) in [6.45, 7) is 0. The van der Waals surface area contributed by atoms with Crippen molar-refractivity contribution in [2.24, 2.45) is 5.84 Å². The molecule has 1 aliphatic rings. The normalized spacial score (nSPS) is 19.9. The zero-order valence-electron chi connectivity index (χ0n) is 11.7. The number of nitrogens with one attached hydrogen (secondary N) is 1. The Bertz CT molecular complexity index is 405. The first kappa shape index (κ1) is 14.2. The largest absolute Gasteiger partial charge is 0.495 e. The summed E-state index contributed by atoms with van der Waals surface area (Å²) in [5, 5.41) is 0. The van der Waals surface area contributed by atoms with Crippen LogP contribution in [0.1, 0.15) is 43.8 Å². The molecule has 0 aliphatic heterocycles. The van der Waals surface area contributed by atoms with Crippen LogP contribution in [0.4, 0.5) is 0 Å². The summed E-state index contributed by atoms with van der Waals surface area (Å²) >= 11 is 0. The van der Waals surface area contributed by atoms with Crippen LogP contribution in [0, 0.1) is 0 Å². The molecule has 1 saturated carbocycles. The molecule has 1 aromatic heterocycles. The fourth-order valence-corrected chi connectivity index (χ4v) is 3.03. The number of pyridine rings is 1. The third-order valence-corrected chi connectivity index (χ3v) is 4.09. The Labute approximate surface area is 114 Å². The van der Waals surface area contributed by atoms with Gasteiger partial charge in [0, 0.05) is 13.3 Å². The molecule has 0 amide bonds. The molecule has 5 heteroatoms. The molecule has 1 aliphatic carbocycles. The Morgan fingerprint density at radius 1 is 1.32 bits per heavy atom. The average molecular weight is 265 g/mol. The van der Waals surface area contributed by atoms with Crippen molar-refractivity contribution in [3.63, 3.8) is 0 Å². The SMILES string of the molecule is COc1cccnc1C(NN)C1(OC)CCCCC1. The first-order chi connectivity index (χ1) is 9.27. The van der Waals surface area contributed by atoms with Gasteiger partial charge in [-0.3, -0.25) is 10.8 Å². The van der Waals surface area contributed by atoms with Gasteiger partial charge < -0.3 is 9.47 Å². The Morgan fingerprint density at radius 2 is 2.05 bits per heavy atom. The van der Waals surface area contributed by atoms with Gasteiger partial charge in [0.15, 0.2) is 0 Å². The number of ether oxygens (including phenoxy) is 2. The number of nitrogens with two attached hydrogens (primary N) is 1. The van der Waals surface area contributed by atoms with E-state index >= 15 is 0 Å². The zero-order valence-corrected chi connectivity index (χ0v) is 11.7. The van der Waals surface area contributed by atoms with Gasteiger partial charge in [0.05, 0.1) is 18.8 Å². The van der Waals surface area contributed by atoms with Crippen LogP contribution >= 0.6 is 0 Å². The molecule has 106 valence electrons. The number of methoxy groups -OCH3 is 2. The molecular weight excluding hydrogens is 242 g/mol. The smallest absolute Gasteiger partial charge is 0.142 e. The van der Waals surface area contributed by atoms with Crippen molar-refractivity contribution in [3.05, 3.63) is 24.0 Å². The van der Waals surface area contributed by atoms with Gasteiger partial charge in [-0.2, -0.15) is 0 Å². The van der Waals surface area contributed by atoms with Gasteiger partial charge >= 0.3 is 0 Å². The van der Waals surface area contributed by atoms with Crippen LogP contribution in [-0.2, 0) is 4.74 Å². The first-order valence-corrected chi connectivity index (χ1v) is 6.77. The topological polar surface area (TPSA) is 69.4 Å². The molecule has 0 bridgehead atoms. The van der Waals surface area contributed by atoms with Crippen LogP contribution in [0.15, 0.2) is 18.3 Å². The minimum atomic E-state index is -0.297. The minimum absolute atomic E-state index is 0.158. The maximum absolute atomic E-state index is 5.85. The van der Waals surface area contributed by atoms with Crippen molar-refractivity contribution in [1.29, 1.82) is 0 Å². The number of hydrogen-bond donors (Lipinski definition) is 2. The highest BCUT2D eigenvalue weighted by Crippen LogP contribution is 2.42. The van der Waals surface area contributed by atoms with Crippen LogP contribution in [0.3, 0.4) is 0 Å². The molecule has 1 aromatic rings. The predicted molar refractivity (Wildman–Crippen MR) is 73.7 cm³/mol. The molecule has 3 N–H and O–H groups in total. The Hall–Kier alpha value is -1.17. The Kier molecular flexibility index (Phi) is 4.74. The standard InChI is InChI=1S/C14H23N3O2/c1-18-11-7-6-10-16-12(11)13(17-15)14(19-2)8-4-3-5-9-14/h6-7,10,13,17H,3-5,8-9,15H2,1-2H3. The first-order valence-electron chi connectivity index (χ1n) is 6.77. The fraction of sp³-hybridized carbons (Fsp3) is 0.643. The number of aromatic nitrogens is 1. The van der Waals surface area contributed by atoms with Gasteiger partial charge in [-0.15, -0.1) is 0 Å². The molecule has 2 rings (SSSR count). The molecule has 1 heterocycles. The van der Waals surface area contributed by atoms with Gasteiger partial charge in [-0.05, 0) is 25.0 Å². The van der Waals surface area contributed by atoms with Gasteiger partial charge in [0.25, 0.3) is 0 Å². The highest BCUT2D eigenvalue weighted by molar-refractivity contribution is 5.31. The van der Waals surface area contributed by atoms with Crippen molar-refractivity contribution in [1.82, 2.24) is 10.4 Å². The summed E-state index contributed by atoms with van der Waals surface area (Å²) < 4.78 is 11.2. The predicted octanol–water partition coefficient (Wildman–Crippen LogP) is 1.94. The monoisotopic (exact) mass is 265 g/mol. The van der Waals surface area contributed by atoms with Crippen molar-refractivity contribution in [3.8, 4) is 5.75 Å². The van der Waals surface area contributed by atoms with Crippen molar-refractivity contribution in [2.75, 3.05) is 14.2 Å². The van der Waals surface area contributed by atoms with Crippen LogP contribution < -0.4 is 16.0 Å². The van der Waals surface area contributed by atoms with E-state index in [-0.39, 0.29) is 11.6 Å². The van der Waals surface area contributed by atoms with Crippen LogP contribution in [0.2, 0.25) is 0 Å². The molecule has 0 radical (unpaired) electrons. The quantitative estimate of drug-likeness (QED) is 0.629. The van der Waals surface area contributed by atoms with Crippen LogP contribution in [0.5, 0.6) is 5.75 Å². The molecule has 0 spiro atoms. The van der Waals surface area contributed by atoms with Crippen LogP contribution in [0.25, 0.3) is 0 Å². The number of hydrogen-bond acceptors (Lipinski definition) is 5. The van der Waals surface area contributed by atoms with Gasteiger partial charge in [0.2, 0.25) is 0 Å². The molecule has 0 saturated heterocycles. The van der Waals surface area contributed by atoms with E-state index in [9.17, 15) is 0 Å². The summed E-state index contributed by atoms with van der Waals surface area (Å²) in [7, 11) is 3.40. The summed E-state index contributed by atoms with van der Waals surface area (Å²) in [5.41, 5.74) is 3.41. The van der Waals surface area contributed by atoms with E-state index in [0.717, 1.165) is 37.1 Å². The molecule has 1 fully saturated rings. The van der Waals surface area contributed by atoms with Crippen LogP contribution in [-0.4, -0.2) is 24.8 Å². The molecule has 1 atom stereocenters. The molecule has 19 heavy (non-hydrogen) atoms. The second kappa shape index (κ2) is 6.32. The lowest BCUT2D eigenvalue weighted by Crippen LogP contribution is -2.49. The van der Waals surface area contributed by atoms with Gasteiger partial charge in [-0.1, -0.05) is 19.3 Å². The van der Waals surface area contributed by atoms with E-state index in [2.05, 4.69) is 10.4 Å². The van der Waals surface area contributed by atoms with E-state index in [1.807, 2.05) is 12.1 Å². The number of hydrazine groups is 1. The average Bonchev–Trinajstić information content (AvgIpc) is 2.49. The van der Waals surface area contributed by atoms with E-state index in [0.29, 0.717) is 0 Å². The number of nitrogens with zero attached hydrogens (tertiary/aromatic N) is 1.